The smallest absolute Gasteiger partial charge is 0.337 e. The molecule has 0 aliphatic carbocycles. The van der Waals surface area contributed by atoms with Gasteiger partial charge in [0.2, 0.25) is 0 Å². The molecule has 0 saturated carbocycles. The summed E-state index contributed by atoms with van der Waals surface area (Å²) in [6.45, 7) is 7.47. The third-order valence-corrected chi connectivity index (χ3v) is 8.10. The van der Waals surface area contributed by atoms with Gasteiger partial charge in [0.25, 0.3) is 0 Å². The first-order valence-corrected chi connectivity index (χ1v) is 14.3. The van der Waals surface area contributed by atoms with Crippen LogP contribution in [0.15, 0.2) is 79.1 Å². The minimum absolute atomic E-state index is 0.598. The van der Waals surface area contributed by atoms with Gasteiger partial charge in [0.1, 0.15) is 5.01 Å². The van der Waals surface area contributed by atoms with Gasteiger partial charge >= 0.3 is 5.97 Å². The first-order chi connectivity index (χ1) is 19.6. The number of aromatic nitrogens is 4. The number of aryl methyl sites for hydroxylation is 1. The topological polar surface area (TPSA) is 90.1 Å². The summed E-state index contributed by atoms with van der Waals surface area (Å²) in [6.07, 6.45) is 2.40. The molecular weight excluding hydrogens is 556 g/mol. The summed E-state index contributed by atoms with van der Waals surface area (Å²) < 4.78 is 8.81. The maximum Gasteiger partial charge on any atom is 0.337 e. The fourth-order valence-electron chi connectivity index (χ4n) is 4.98. The monoisotopic (exact) mass is 582 g/mol. The Morgan fingerprint density at radius 2 is 1.80 bits per heavy atom. The van der Waals surface area contributed by atoms with Gasteiger partial charge in [0.15, 0.2) is 11.9 Å². The molecule has 6 aromatic rings. The van der Waals surface area contributed by atoms with E-state index in [0.29, 0.717) is 16.4 Å². The zero-order valence-electron chi connectivity index (χ0n) is 22.9. The van der Waals surface area contributed by atoms with Gasteiger partial charge in [0.05, 0.1) is 27.5 Å². The van der Waals surface area contributed by atoms with E-state index in [9.17, 15) is 9.90 Å². The summed E-state index contributed by atoms with van der Waals surface area (Å²) in [5, 5.41) is 17.3. The van der Waals surface area contributed by atoms with Gasteiger partial charge in [-0.2, -0.15) is 5.10 Å². The second kappa shape index (κ2) is 10.4. The van der Waals surface area contributed by atoms with Crippen LogP contribution in [0.2, 0.25) is 5.02 Å². The average Bonchev–Trinajstić information content (AvgIpc) is 3.56. The van der Waals surface area contributed by atoms with Gasteiger partial charge in [-0.3, -0.25) is 0 Å². The number of para-hydroxylation sites is 1. The molecule has 7 nitrogen and oxygen atoms in total. The molecule has 3 aromatic heterocycles. The maximum absolute atomic E-state index is 12.6. The Labute approximate surface area is 246 Å². The number of hydrogen-bond acceptors (Lipinski definition) is 6. The highest BCUT2D eigenvalue weighted by Crippen LogP contribution is 2.44. The van der Waals surface area contributed by atoms with Crippen molar-refractivity contribution in [3.63, 3.8) is 0 Å². The molecule has 3 heterocycles. The number of carboxylic acid groups (broad SMARTS) is 1. The minimum atomic E-state index is -1.17. The number of nitrogens with zero attached hydrogens (tertiary/aromatic N) is 4. The van der Waals surface area contributed by atoms with Crippen LogP contribution in [0.5, 0.6) is 0 Å². The molecule has 206 valence electrons. The van der Waals surface area contributed by atoms with E-state index >= 15 is 0 Å². The van der Waals surface area contributed by atoms with Crippen molar-refractivity contribution < 1.29 is 14.6 Å². The number of rotatable bonds is 6. The SMILES string of the molecule is Cc1cc2nc(-c3ccnc(-n4ncc5ccccc54)c3)sc2c(-c2ccc(Cl)cc2)c1[C@H](OC(C)(C)C)C(=O)O. The molecule has 0 aliphatic heterocycles. The lowest BCUT2D eigenvalue weighted by Gasteiger charge is -2.28. The Bertz CT molecular complexity index is 1920. The lowest BCUT2D eigenvalue weighted by molar-refractivity contribution is -0.160. The molecule has 9 heteroatoms. The van der Waals surface area contributed by atoms with Crippen LogP contribution in [0.3, 0.4) is 0 Å². The summed E-state index contributed by atoms with van der Waals surface area (Å²) in [4.78, 5) is 22.2. The third kappa shape index (κ3) is 5.22. The lowest BCUT2D eigenvalue weighted by atomic mass is 9.91. The Morgan fingerprint density at radius 1 is 1.05 bits per heavy atom. The largest absolute Gasteiger partial charge is 0.479 e. The number of thiazole rings is 1. The molecule has 0 unspecified atom stereocenters. The van der Waals surface area contributed by atoms with Crippen LogP contribution in [-0.4, -0.2) is 36.4 Å². The van der Waals surface area contributed by atoms with Crippen molar-refractivity contribution in [2.75, 3.05) is 0 Å². The Kier molecular flexibility index (Phi) is 6.85. The van der Waals surface area contributed by atoms with Gasteiger partial charge < -0.3 is 9.84 Å². The number of carboxylic acids is 1. The van der Waals surface area contributed by atoms with Crippen LogP contribution >= 0.6 is 22.9 Å². The van der Waals surface area contributed by atoms with Gasteiger partial charge in [-0.25, -0.2) is 19.4 Å². The fraction of sp³-hybridized carbons (Fsp3) is 0.188. The van der Waals surface area contributed by atoms with Crippen molar-refractivity contribution in [3.8, 4) is 27.5 Å². The van der Waals surface area contributed by atoms with Crippen molar-refractivity contribution in [2.45, 2.75) is 39.4 Å². The van der Waals surface area contributed by atoms with Gasteiger partial charge in [-0.15, -0.1) is 11.3 Å². The molecule has 41 heavy (non-hydrogen) atoms. The molecule has 1 N–H and O–H groups in total. The number of halogens is 1. The number of carbonyl (C=O) groups is 1. The zero-order valence-corrected chi connectivity index (χ0v) is 24.5. The van der Waals surface area contributed by atoms with E-state index in [2.05, 4.69) is 10.1 Å². The van der Waals surface area contributed by atoms with Crippen LogP contribution in [0.4, 0.5) is 0 Å². The van der Waals surface area contributed by atoms with E-state index in [1.165, 1.54) is 11.3 Å². The number of ether oxygens (including phenoxy) is 1. The van der Waals surface area contributed by atoms with Gasteiger partial charge in [0, 0.05) is 33.3 Å². The van der Waals surface area contributed by atoms with Crippen molar-refractivity contribution >= 4 is 50.0 Å². The van der Waals surface area contributed by atoms with Gasteiger partial charge in [-0.05, 0) is 75.2 Å². The summed E-state index contributed by atoms with van der Waals surface area (Å²) in [5.74, 6) is -0.366. The molecule has 3 aromatic carbocycles. The molecule has 0 saturated heterocycles. The lowest BCUT2D eigenvalue weighted by Crippen LogP contribution is -2.28. The van der Waals surface area contributed by atoms with E-state index in [4.69, 9.17) is 21.3 Å². The van der Waals surface area contributed by atoms with E-state index in [-0.39, 0.29) is 0 Å². The third-order valence-electron chi connectivity index (χ3n) is 6.71. The summed E-state index contributed by atoms with van der Waals surface area (Å²) >= 11 is 7.73. The van der Waals surface area contributed by atoms with Crippen molar-refractivity contribution in [2.24, 2.45) is 0 Å². The van der Waals surface area contributed by atoms with Crippen LogP contribution in [0, 0.1) is 6.92 Å². The number of aliphatic carboxylic acids is 1. The number of hydrogen-bond donors (Lipinski definition) is 1. The molecule has 0 radical (unpaired) electrons. The van der Waals surface area contributed by atoms with E-state index in [1.807, 2.05) is 93.2 Å². The molecule has 6 rings (SSSR count). The molecular formula is C32H27ClN4O3S. The van der Waals surface area contributed by atoms with Crippen molar-refractivity contribution in [3.05, 3.63) is 95.3 Å². The Hall–Kier alpha value is -4.11. The highest BCUT2D eigenvalue weighted by molar-refractivity contribution is 7.22. The van der Waals surface area contributed by atoms with Crippen molar-refractivity contribution in [1.29, 1.82) is 0 Å². The highest BCUT2D eigenvalue weighted by atomic mass is 35.5. The number of benzene rings is 3. The van der Waals surface area contributed by atoms with Crippen LogP contribution in [-0.2, 0) is 9.53 Å². The quantitative estimate of drug-likeness (QED) is 0.212. The molecule has 0 aliphatic rings. The second-order valence-corrected chi connectivity index (χ2v) is 12.3. The first-order valence-electron chi connectivity index (χ1n) is 13.1. The van der Waals surface area contributed by atoms with Crippen molar-refractivity contribution in [1.82, 2.24) is 19.7 Å². The molecule has 0 bridgehead atoms. The Morgan fingerprint density at radius 3 is 2.54 bits per heavy atom. The number of fused-ring (bicyclic) bond motifs is 2. The standard InChI is InChI=1S/C32H27ClN4O3S/c1-18-15-23-29(27(19-9-11-22(33)12-10-19)26(18)28(31(38)39)40-32(2,3)4)41-30(36-23)20-13-14-34-25(16-20)37-24-8-6-5-7-21(24)17-35-37/h5-17,28H,1-4H3,(H,38,39)/t28-/m0/s1. The molecule has 0 fully saturated rings. The maximum atomic E-state index is 12.6. The summed E-state index contributed by atoms with van der Waals surface area (Å²) in [5.41, 5.74) is 4.97. The average molecular weight is 583 g/mol. The summed E-state index contributed by atoms with van der Waals surface area (Å²) in [7, 11) is 0. The minimum Gasteiger partial charge on any atom is -0.479 e. The predicted molar refractivity (Wildman–Crippen MR) is 164 cm³/mol. The highest BCUT2D eigenvalue weighted by Gasteiger charge is 2.32. The van der Waals surface area contributed by atoms with Gasteiger partial charge in [-0.1, -0.05) is 41.9 Å². The van der Waals surface area contributed by atoms with E-state index in [0.717, 1.165) is 48.4 Å². The van der Waals surface area contributed by atoms with E-state index in [1.54, 1.807) is 18.3 Å². The second-order valence-electron chi connectivity index (χ2n) is 10.8. The number of pyridine rings is 1. The van der Waals surface area contributed by atoms with Crippen LogP contribution < -0.4 is 0 Å². The zero-order chi connectivity index (χ0) is 28.9. The predicted octanol–water partition coefficient (Wildman–Crippen LogP) is 8.27. The first kappa shape index (κ1) is 27.1. The normalized spacial score (nSPS) is 12.7. The Balaban J connectivity index is 1.55. The molecule has 0 amide bonds. The molecule has 1 atom stereocenters. The summed E-state index contributed by atoms with van der Waals surface area (Å²) in [6, 6.07) is 21.2. The van der Waals surface area contributed by atoms with Crippen LogP contribution in [0.25, 0.3) is 48.6 Å². The van der Waals surface area contributed by atoms with E-state index < -0.39 is 17.7 Å². The fourth-order valence-corrected chi connectivity index (χ4v) is 6.23. The molecule has 0 spiro atoms. The van der Waals surface area contributed by atoms with Crippen LogP contribution in [0.1, 0.15) is 38.0 Å².